The summed E-state index contributed by atoms with van der Waals surface area (Å²) in [7, 11) is 0. The zero-order chi connectivity index (χ0) is 23.9. The maximum Gasteiger partial charge on any atom is 0.346 e. The normalized spacial score (nSPS) is 10.8. The number of carbonyl (C=O) groups excluding carboxylic acids is 2. The second-order valence-corrected chi connectivity index (χ2v) is 7.07. The number of carboxylic acid groups (broad SMARTS) is 2. The Labute approximate surface area is 183 Å². The molecule has 2 N–H and O–H groups in total. The molecule has 0 aromatic heterocycles. The highest BCUT2D eigenvalue weighted by molar-refractivity contribution is 6.13. The van der Waals surface area contributed by atoms with Gasteiger partial charge in [0.05, 0.1) is 22.3 Å². The van der Waals surface area contributed by atoms with Crippen molar-refractivity contribution in [3.8, 4) is 0 Å². The van der Waals surface area contributed by atoms with Crippen molar-refractivity contribution in [1.29, 1.82) is 0 Å². The van der Waals surface area contributed by atoms with Crippen molar-refractivity contribution < 1.29 is 42.9 Å². The molecule has 0 amide bonds. The lowest BCUT2D eigenvalue weighted by atomic mass is 10.00. The predicted molar refractivity (Wildman–Crippen MR) is 111 cm³/mol. The topological polar surface area (TPSA) is 118 Å². The fourth-order valence-corrected chi connectivity index (χ4v) is 3.42. The van der Waals surface area contributed by atoms with Gasteiger partial charge in [-0.15, -0.1) is 0 Å². The molecule has 0 bridgehead atoms. The van der Waals surface area contributed by atoms with Gasteiger partial charge in [0, 0.05) is 0 Å². The average Bonchev–Trinajstić information content (AvgIpc) is 2.76. The van der Waals surface area contributed by atoms with Crippen LogP contribution in [-0.2, 0) is 4.74 Å². The largest absolute Gasteiger partial charge is 0.478 e. The molecule has 4 rings (SSSR count). The fourth-order valence-electron chi connectivity index (χ4n) is 3.42. The highest BCUT2D eigenvalue weighted by atomic mass is 19.1. The number of ether oxygens (including phenoxy) is 1. The number of halogens is 2. The Kier molecular flexibility index (Phi) is 5.31. The predicted octanol–water partition coefficient (Wildman–Crippen LogP) is 4.66. The van der Waals surface area contributed by atoms with E-state index in [1.54, 1.807) is 0 Å². The van der Waals surface area contributed by atoms with Crippen LogP contribution in [0.2, 0.25) is 0 Å². The summed E-state index contributed by atoms with van der Waals surface area (Å²) in [6, 6.07) is 11.4. The van der Waals surface area contributed by atoms with E-state index in [0.717, 1.165) is 48.5 Å². The first kappa shape index (κ1) is 21.6. The van der Waals surface area contributed by atoms with E-state index in [0.29, 0.717) is 10.8 Å². The average molecular weight is 450 g/mol. The Morgan fingerprint density at radius 1 is 0.545 bits per heavy atom. The summed E-state index contributed by atoms with van der Waals surface area (Å²) in [6.07, 6.45) is 0. The molecule has 33 heavy (non-hydrogen) atoms. The number of benzene rings is 4. The van der Waals surface area contributed by atoms with E-state index in [4.69, 9.17) is 4.74 Å². The molecule has 0 unspecified atom stereocenters. The standard InChI is InChI=1S/C24H12F2O7/c25-15-3-1-11-7-19(17(21(27)28)9-13(11)5-15)23(31)33-24(32)20-8-12-2-4-16(26)6-14(12)10-18(20)22(29)30/h1-10H,(H,27,28)(H,29,30). The Bertz CT molecular complexity index is 1400. The summed E-state index contributed by atoms with van der Waals surface area (Å²) < 4.78 is 31.7. The molecule has 4 aromatic carbocycles. The second-order valence-electron chi connectivity index (χ2n) is 7.07. The molecular weight excluding hydrogens is 438 g/mol. The number of fused-ring (bicyclic) bond motifs is 2. The Balaban J connectivity index is 1.75. The van der Waals surface area contributed by atoms with E-state index in [1.807, 2.05) is 0 Å². The quantitative estimate of drug-likeness (QED) is 0.343. The molecule has 0 radical (unpaired) electrons. The van der Waals surface area contributed by atoms with E-state index in [2.05, 4.69) is 0 Å². The number of aromatic carboxylic acids is 2. The van der Waals surface area contributed by atoms with Gasteiger partial charge in [-0.25, -0.2) is 28.0 Å². The monoisotopic (exact) mass is 450 g/mol. The third kappa shape index (κ3) is 4.11. The van der Waals surface area contributed by atoms with Gasteiger partial charge < -0.3 is 14.9 Å². The molecule has 0 atom stereocenters. The lowest BCUT2D eigenvalue weighted by Crippen LogP contribution is -2.18. The van der Waals surface area contributed by atoms with Gasteiger partial charge in [-0.1, -0.05) is 12.1 Å². The molecule has 0 spiro atoms. The van der Waals surface area contributed by atoms with Crippen molar-refractivity contribution in [2.75, 3.05) is 0 Å². The molecule has 0 fully saturated rings. The number of hydrogen-bond acceptors (Lipinski definition) is 5. The summed E-state index contributed by atoms with van der Waals surface area (Å²) in [4.78, 5) is 48.6. The molecule has 4 aromatic rings. The Morgan fingerprint density at radius 2 is 0.909 bits per heavy atom. The first-order valence-electron chi connectivity index (χ1n) is 9.34. The van der Waals surface area contributed by atoms with Gasteiger partial charge >= 0.3 is 23.9 Å². The van der Waals surface area contributed by atoms with Gasteiger partial charge in [-0.3, -0.25) is 0 Å². The molecule has 7 nitrogen and oxygen atoms in total. The van der Waals surface area contributed by atoms with Crippen LogP contribution in [0.3, 0.4) is 0 Å². The first-order chi connectivity index (χ1) is 15.6. The molecule has 0 aliphatic heterocycles. The van der Waals surface area contributed by atoms with Gasteiger partial charge in [-0.2, -0.15) is 0 Å². The van der Waals surface area contributed by atoms with Crippen LogP contribution in [-0.4, -0.2) is 34.1 Å². The number of hydrogen-bond donors (Lipinski definition) is 2. The zero-order valence-corrected chi connectivity index (χ0v) is 16.5. The van der Waals surface area contributed by atoms with Crippen LogP contribution in [0.5, 0.6) is 0 Å². The molecule has 9 heteroatoms. The molecule has 0 aliphatic carbocycles. The number of carbonyl (C=O) groups is 4. The maximum absolute atomic E-state index is 13.5. The van der Waals surface area contributed by atoms with Crippen molar-refractivity contribution in [1.82, 2.24) is 0 Å². The highest BCUT2D eigenvalue weighted by Gasteiger charge is 2.25. The van der Waals surface area contributed by atoms with Crippen LogP contribution in [0.4, 0.5) is 8.78 Å². The van der Waals surface area contributed by atoms with Gasteiger partial charge in [-0.05, 0) is 70.1 Å². The lowest BCUT2D eigenvalue weighted by Gasteiger charge is -2.10. The third-order valence-corrected chi connectivity index (χ3v) is 4.96. The minimum atomic E-state index is -1.51. The van der Waals surface area contributed by atoms with Crippen molar-refractivity contribution in [2.45, 2.75) is 0 Å². The van der Waals surface area contributed by atoms with Crippen LogP contribution in [0.1, 0.15) is 41.4 Å². The summed E-state index contributed by atoms with van der Waals surface area (Å²) in [6.45, 7) is 0. The third-order valence-electron chi connectivity index (χ3n) is 4.96. The van der Waals surface area contributed by atoms with Gasteiger partial charge in [0.15, 0.2) is 0 Å². The molecule has 164 valence electrons. The van der Waals surface area contributed by atoms with Crippen molar-refractivity contribution >= 4 is 45.4 Å². The Morgan fingerprint density at radius 3 is 1.27 bits per heavy atom. The van der Waals surface area contributed by atoms with Crippen LogP contribution in [0.25, 0.3) is 21.5 Å². The number of rotatable bonds is 4. The first-order valence-corrected chi connectivity index (χ1v) is 9.34. The zero-order valence-electron chi connectivity index (χ0n) is 16.5. The van der Waals surface area contributed by atoms with E-state index < -0.39 is 57.8 Å². The number of carboxylic acids is 2. The van der Waals surface area contributed by atoms with Crippen molar-refractivity contribution in [3.05, 3.63) is 94.6 Å². The summed E-state index contributed by atoms with van der Waals surface area (Å²) in [5.74, 6) is -6.92. The summed E-state index contributed by atoms with van der Waals surface area (Å²) in [5.41, 5.74) is -2.01. The van der Waals surface area contributed by atoms with Crippen LogP contribution >= 0.6 is 0 Å². The van der Waals surface area contributed by atoms with Crippen LogP contribution < -0.4 is 0 Å². The Hall–Kier alpha value is -4.66. The smallest absolute Gasteiger partial charge is 0.346 e. The minimum Gasteiger partial charge on any atom is -0.478 e. The van der Waals surface area contributed by atoms with Gasteiger partial charge in [0.25, 0.3) is 0 Å². The molecule has 0 saturated heterocycles. The molecule has 0 heterocycles. The van der Waals surface area contributed by atoms with Gasteiger partial charge in [0.2, 0.25) is 0 Å². The minimum absolute atomic E-state index is 0.213. The lowest BCUT2D eigenvalue weighted by molar-refractivity contribution is 0.0387. The van der Waals surface area contributed by atoms with Crippen LogP contribution in [0.15, 0.2) is 60.7 Å². The van der Waals surface area contributed by atoms with E-state index in [-0.39, 0.29) is 10.8 Å². The molecular formula is C24H12F2O7. The molecule has 0 saturated carbocycles. The van der Waals surface area contributed by atoms with Crippen molar-refractivity contribution in [2.24, 2.45) is 0 Å². The van der Waals surface area contributed by atoms with E-state index in [9.17, 15) is 38.2 Å². The van der Waals surface area contributed by atoms with Gasteiger partial charge in [0.1, 0.15) is 11.6 Å². The highest BCUT2D eigenvalue weighted by Crippen LogP contribution is 2.25. The van der Waals surface area contributed by atoms with Crippen LogP contribution in [0, 0.1) is 11.6 Å². The second kappa shape index (κ2) is 8.12. The van der Waals surface area contributed by atoms with E-state index in [1.165, 1.54) is 12.1 Å². The SMILES string of the molecule is O=C(O)c1cc2cc(F)ccc2cc1C(=O)OC(=O)c1cc2ccc(F)cc2cc1C(=O)O. The summed E-state index contributed by atoms with van der Waals surface area (Å²) >= 11 is 0. The maximum atomic E-state index is 13.5. The fraction of sp³-hybridized carbons (Fsp3) is 0. The number of esters is 2. The van der Waals surface area contributed by atoms with Crippen molar-refractivity contribution in [3.63, 3.8) is 0 Å². The summed E-state index contributed by atoms with van der Waals surface area (Å²) in [5, 5.41) is 20.0. The molecule has 0 aliphatic rings. The van der Waals surface area contributed by atoms with E-state index >= 15 is 0 Å².